The van der Waals surface area contributed by atoms with Crippen molar-refractivity contribution in [1.82, 2.24) is 0 Å². The van der Waals surface area contributed by atoms with Crippen molar-refractivity contribution in [3.05, 3.63) is 30.3 Å². The molecule has 0 saturated heterocycles. The highest BCUT2D eigenvalue weighted by atomic mass is 28.4. The van der Waals surface area contributed by atoms with Gasteiger partial charge in [0, 0.05) is 0 Å². The Morgan fingerprint density at radius 2 is 1.58 bits per heavy atom. The van der Waals surface area contributed by atoms with E-state index >= 15 is 0 Å². The Morgan fingerprint density at radius 1 is 1.00 bits per heavy atom. The van der Waals surface area contributed by atoms with Gasteiger partial charge in [-0.3, -0.25) is 0 Å². The first kappa shape index (κ1) is 9.17. The van der Waals surface area contributed by atoms with E-state index in [4.69, 9.17) is 14.4 Å². The van der Waals surface area contributed by atoms with E-state index in [-0.39, 0.29) is 5.75 Å². The lowest BCUT2D eigenvalue weighted by molar-refractivity contribution is -0.177. The van der Waals surface area contributed by atoms with Crippen LogP contribution in [0.25, 0.3) is 0 Å². The molecule has 6 heteroatoms. The van der Waals surface area contributed by atoms with Crippen LogP contribution in [0, 0.1) is 0 Å². The minimum absolute atomic E-state index is 0.284. The molecule has 0 radical (unpaired) electrons. The molecule has 0 aliphatic rings. The Morgan fingerprint density at radius 3 is 2.08 bits per heavy atom. The predicted octanol–water partition coefficient (Wildman–Crippen LogP) is -0.591. The molecule has 66 valence electrons. The van der Waals surface area contributed by atoms with Gasteiger partial charge in [0.25, 0.3) is 0 Å². The molecule has 0 aliphatic carbocycles. The number of hydrogen-bond acceptors (Lipinski definition) is 5. The van der Waals surface area contributed by atoms with Gasteiger partial charge in [-0.05, 0) is 12.1 Å². The standard InChI is InChI=1S/C6H8O5Si/c7-12(8,9)11-10-6-4-2-1-3-5-6/h1-5,7-9H. The first-order valence-electron chi connectivity index (χ1n) is 3.16. The van der Waals surface area contributed by atoms with Gasteiger partial charge in [-0.2, -0.15) is 0 Å². The summed E-state index contributed by atoms with van der Waals surface area (Å²) in [6.45, 7) is 0. The van der Waals surface area contributed by atoms with Crippen LogP contribution >= 0.6 is 0 Å². The van der Waals surface area contributed by atoms with E-state index in [1.54, 1.807) is 30.3 Å². The molecule has 1 aromatic rings. The smallest absolute Gasteiger partial charge is 0.366 e. The second-order valence-electron chi connectivity index (χ2n) is 2.05. The lowest BCUT2D eigenvalue weighted by atomic mass is 10.3. The Bertz CT molecular complexity index is 231. The molecule has 0 fully saturated rings. The largest absolute Gasteiger partial charge is 0.709 e. The molecule has 0 aromatic heterocycles. The summed E-state index contributed by atoms with van der Waals surface area (Å²) in [5, 5.41) is 0. The van der Waals surface area contributed by atoms with Crippen LogP contribution in [0.1, 0.15) is 0 Å². The van der Waals surface area contributed by atoms with Crippen LogP contribution in [0.2, 0.25) is 0 Å². The van der Waals surface area contributed by atoms with Gasteiger partial charge in [0.05, 0.1) is 0 Å². The van der Waals surface area contributed by atoms with E-state index in [9.17, 15) is 0 Å². The van der Waals surface area contributed by atoms with E-state index < -0.39 is 9.05 Å². The first-order valence-corrected chi connectivity index (χ1v) is 4.91. The Kier molecular flexibility index (Phi) is 2.79. The SMILES string of the molecule is O[Si](O)(O)OOc1ccccc1. The highest BCUT2D eigenvalue weighted by Gasteiger charge is 2.33. The molecule has 0 heterocycles. The topological polar surface area (TPSA) is 79.2 Å². The van der Waals surface area contributed by atoms with Crippen molar-refractivity contribution >= 4 is 9.05 Å². The third-order valence-electron chi connectivity index (χ3n) is 0.993. The maximum atomic E-state index is 8.38. The zero-order chi connectivity index (χ0) is 9.03. The average molecular weight is 188 g/mol. The van der Waals surface area contributed by atoms with E-state index in [0.29, 0.717) is 0 Å². The van der Waals surface area contributed by atoms with Gasteiger partial charge in [0.1, 0.15) is 0 Å². The highest BCUT2D eigenvalue weighted by molar-refractivity contribution is 6.48. The van der Waals surface area contributed by atoms with Crippen LogP contribution in [0.15, 0.2) is 30.3 Å². The second kappa shape index (κ2) is 3.65. The third-order valence-corrected chi connectivity index (χ3v) is 1.30. The van der Waals surface area contributed by atoms with Crippen molar-refractivity contribution in [3.63, 3.8) is 0 Å². The molecule has 12 heavy (non-hydrogen) atoms. The number of para-hydroxylation sites is 1. The average Bonchev–Trinajstić information content (AvgIpc) is 2.02. The molecule has 0 spiro atoms. The van der Waals surface area contributed by atoms with E-state index in [0.717, 1.165) is 0 Å². The number of hydrogen-bond donors (Lipinski definition) is 3. The molecular weight excluding hydrogens is 180 g/mol. The summed E-state index contributed by atoms with van der Waals surface area (Å²) >= 11 is 0. The maximum Gasteiger partial charge on any atom is 0.709 e. The molecule has 3 N–H and O–H groups in total. The van der Waals surface area contributed by atoms with Crippen molar-refractivity contribution in [2.45, 2.75) is 0 Å². The molecule has 0 amide bonds. The minimum atomic E-state index is -4.56. The first-order chi connectivity index (χ1) is 5.58. The Balaban J connectivity index is 2.44. The summed E-state index contributed by atoms with van der Waals surface area (Å²) < 4.78 is 3.92. The molecule has 0 saturated carbocycles. The zero-order valence-corrected chi connectivity index (χ0v) is 7.04. The van der Waals surface area contributed by atoms with Gasteiger partial charge in [-0.25, -0.2) is 0 Å². The zero-order valence-electron chi connectivity index (χ0n) is 6.04. The molecule has 0 unspecified atom stereocenters. The van der Waals surface area contributed by atoms with Crippen LogP contribution in [-0.4, -0.2) is 23.4 Å². The van der Waals surface area contributed by atoms with Gasteiger partial charge >= 0.3 is 9.05 Å². The van der Waals surface area contributed by atoms with Crippen LogP contribution < -0.4 is 4.89 Å². The van der Waals surface area contributed by atoms with Gasteiger partial charge in [0.2, 0.25) is 0 Å². The normalized spacial score (nSPS) is 11.2. The van der Waals surface area contributed by atoms with Gasteiger partial charge in [0.15, 0.2) is 5.75 Å². The summed E-state index contributed by atoms with van der Waals surface area (Å²) in [6, 6.07) is 8.19. The minimum Gasteiger partial charge on any atom is -0.366 e. The maximum absolute atomic E-state index is 8.38. The molecular formula is C6H8O5Si. The van der Waals surface area contributed by atoms with Gasteiger partial charge < -0.3 is 19.3 Å². The van der Waals surface area contributed by atoms with Crippen molar-refractivity contribution in [1.29, 1.82) is 0 Å². The van der Waals surface area contributed by atoms with Crippen LogP contribution in [-0.2, 0) is 4.58 Å². The fourth-order valence-corrected chi connectivity index (χ4v) is 0.788. The van der Waals surface area contributed by atoms with E-state index in [2.05, 4.69) is 9.46 Å². The predicted molar refractivity (Wildman–Crippen MR) is 40.6 cm³/mol. The quantitative estimate of drug-likeness (QED) is 0.335. The highest BCUT2D eigenvalue weighted by Crippen LogP contribution is 2.09. The summed E-state index contributed by atoms with van der Waals surface area (Å²) in [7, 11) is -4.56. The summed E-state index contributed by atoms with van der Waals surface area (Å²) in [5.74, 6) is 0.284. The monoisotopic (exact) mass is 188 g/mol. The van der Waals surface area contributed by atoms with Gasteiger partial charge in [-0.15, -0.1) is 4.58 Å². The lowest BCUT2D eigenvalue weighted by Crippen LogP contribution is -2.40. The van der Waals surface area contributed by atoms with Crippen LogP contribution in [0.4, 0.5) is 0 Å². The summed E-state index contributed by atoms with van der Waals surface area (Å²) in [6.07, 6.45) is 0. The fourth-order valence-electron chi connectivity index (χ4n) is 0.580. The van der Waals surface area contributed by atoms with Gasteiger partial charge in [-0.1, -0.05) is 18.2 Å². The summed E-state index contributed by atoms with van der Waals surface area (Å²) in [5.41, 5.74) is 0. The van der Waals surface area contributed by atoms with Crippen molar-refractivity contribution in [3.8, 4) is 5.75 Å². The molecule has 0 aliphatic heterocycles. The fraction of sp³-hybridized carbons (Fsp3) is 0. The Hall–Kier alpha value is -0.923. The van der Waals surface area contributed by atoms with Crippen LogP contribution in [0.5, 0.6) is 5.75 Å². The third kappa shape index (κ3) is 3.46. The molecule has 0 bridgehead atoms. The van der Waals surface area contributed by atoms with Crippen LogP contribution in [0.3, 0.4) is 0 Å². The molecule has 1 rings (SSSR count). The van der Waals surface area contributed by atoms with E-state index in [1.807, 2.05) is 0 Å². The Labute approximate surface area is 69.8 Å². The number of benzene rings is 1. The number of rotatable bonds is 3. The second-order valence-corrected chi connectivity index (χ2v) is 3.37. The van der Waals surface area contributed by atoms with Crippen molar-refractivity contribution in [2.75, 3.05) is 0 Å². The van der Waals surface area contributed by atoms with E-state index in [1.165, 1.54) is 0 Å². The van der Waals surface area contributed by atoms with Crippen molar-refractivity contribution < 1.29 is 23.9 Å². The molecule has 0 atom stereocenters. The molecule has 1 aromatic carbocycles. The lowest BCUT2D eigenvalue weighted by Gasteiger charge is -2.08. The molecule has 5 nitrogen and oxygen atoms in total. The van der Waals surface area contributed by atoms with Crippen molar-refractivity contribution in [2.24, 2.45) is 0 Å². The summed E-state index contributed by atoms with van der Waals surface area (Å²) in [4.78, 5) is 29.5.